The highest BCUT2D eigenvalue weighted by Crippen LogP contribution is 2.36. The molecule has 5 nitrogen and oxygen atoms in total. The van der Waals surface area contributed by atoms with E-state index in [0.717, 1.165) is 22.3 Å². The number of nitrogens with one attached hydrogen (secondary N) is 1. The first-order valence-corrected chi connectivity index (χ1v) is 8.97. The van der Waals surface area contributed by atoms with E-state index in [0.29, 0.717) is 11.4 Å². The van der Waals surface area contributed by atoms with E-state index in [4.69, 9.17) is 0 Å². The largest absolute Gasteiger partial charge is 0.300 e. The summed E-state index contributed by atoms with van der Waals surface area (Å²) in [5.41, 5.74) is 1.86. The lowest BCUT2D eigenvalue weighted by Gasteiger charge is -2.14. The van der Waals surface area contributed by atoms with E-state index in [1.807, 2.05) is 11.8 Å². The highest BCUT2D eigenvalue weighted by Gasteiger charge is 2.26. The number of thioether (sulfide) groups is 2. The summed E-state index contributed by atoms with van der Waals surface area (Å²) in [5.74, 6) is 1.88. The predicted octanol–water partition coefficient (Wildman–Crippen LogP) is 2.87. The minimum atomic E-state index is -0.200. The van der Waals surface area contributed by atoms with Gasteiger partial charge in [-0.15, -0.1) is 11.8 Å². The smallest absolute Gasteiger partial charge is 0.284 e. The van der Waals surface area contributed by atoms with Crippen LogP contribution < -0.4 is 5.56 Å². The van der Waals surface area contributed by atoms with Gasteiger partial charge in [0.15, 0.2) is 5.16 Å². The molecule has 1 aliphatic heterocycles. The third kappa shape index (κ3) is 2.34. The van der Waals surface area contributed by atoms with Gasteiger partial charge in [0.25, 0.3) is 5.56 Å². The van der Waals surface area contributed by atoms with Crippen LogP contribution in [0.25, 0.3) is 11.0 Å². The van der Waals surface area contributed by atoms with Crippen molar-refractivity contribution in [2.24, 2.45) is 0 Å². The molecular formula is C15H14N4OS2. The van der Waals surface area contributed by atoms with E-state index in [2.05, 4.69) is 50.9 Å². The van der Waals surface area contributed by atoms with Gasteiger partial charge in [-0.2, -0.15) is 10.1 Å². The molecule has 3 aromatic rings. The van der Waals surface area contributed by atoms with Gasteiger partial charge in [-0.3, -0.25) is 9.89 Å². The first-order chi connectivity index (χ1) is 10.7. The molecule has 22 heavy (non-hydrogen) atoms. The Balaban J connectivity index is 1.63. The van der Waals surface area contributed by atoms with E-state index in [1.54, 1.807) is 18.0 Å². The van der Waals surface area contributed by atoms with Crippen molar-refractivity contribution < 1.29 is 0 Å². The van der Waals surface area contributed by atoms with Crippen LogP contribution in [0.3, 0.4) is 0 Å². The fourth-order valence-corrected chi connectivity index (χ4v) is 4.82. The van der Waals surface area contributed by atoms with Gasteiger partial charge < -0.3 is 4.57 Å². The van der Waals surface area contributed by atoms with Gasteiger partial charge in [0.1, 0.15) is 11.0 Å². The second-order valence-corrected chi connectivity index (χ2v) is 7.37. The quantitative estimate of drug-likeness (QED) is 0.591. The Morgan fingerprint density at radius 1 is 1.41 bits per heavy atom. The van der Waals surface area contributed by atoms with Gasteiger partial charge in [-0.25, -0.2) is 0 Å². The van der Waals surface area contributed by atoms with Crippen LogP contribution in [0.2, 0.25) is 0 Å². The number of hydrogen-bond donors (Lipinski definition) is 1. The molecule has 112 valence electrons. The van der Waals surface area contributed by atoms with Gasteiger partial charge >= 0.3 is 0 Å². The molecule has 1 aromatic carbocycles. The van der Waals surface area contributed by atoms with Crippen LogP contribution in [0, 0.1) is 6.92 Å². The molecule has 0 radical (unpaired) electrons. The first-order valence-electron chi connectivity index (χ1n) is 7.00. The molecule has 0 fully saturated rings. The van der Waals surface area contributed by atoms with Gasteiger partial charge in [0.2, 0.25) is 0 Å². The van der Waals surface area contributed by atoms with Gasteiger partial charge in [0.05, 0.1) is 12.2 Å². The zero-order chi connectivity index (χ0) is 15.1. The number of aryl methyl sites for hydroxylation is 1. The number of fused-ring (bicyclic) bond motifs is 3. The molecule has 2 aromatic heterocycles. The molecule has 4 rings (SSSR count). The van der Waals surface area contributed by atoms with Crippen LogP contribution in [-0.2, 0) is 0 Å². The highest BCUT2D eigenvalue weighted by atomic mass is 32.2. The van der Waals surface area contributed by atoms with Crippen LogP contribution in [0.1, 0.15) is 11.6 Å². The maximum atomic E-state index is 11.9. The summed E-state index contributed by atoms with van der Waals surface area (Å²) >= 11 is 3.47. The zero-order valence-electron chi connectivity index (χ0n) is 11.9. The summed E-state index contributed by atoms with van der Waals surface area (Å²) in [5, 5.41) is 8.30. The van der Waals surface area contributed by atoms with Crippen molar-refractivity contribution in [3.05, 3.63) is 46.4 Å². The van der Waals surface area contributed by atoms with E-state index in [-0.39, 0.29) is 5.56 Å². The third-order valence-electron chi connectivity index (χ3n) is 3.73. The molecule has 0 amide bonds. The topological polar surface area (TPSA) is 63.6 Å². The number of rotatable bonds is 3. The number of nitrogens with zero attached hydrogens (tertiary/aromatic N) is 3. The van der Waals surface area contributed by atoms with E-state index < -0.39 is 0 Å². The summed E-state index contributed by atoms with van der Waals surface area (Å²) in [6.07, 6.45) is 1.56. The van der Waals surface area contributed by atoms with Gasteiger partial charge in [-0.05, 0) is 19.1 Å². The zero-order valence-corrected chi connectivity index (χ0v) is 13.6. The monoisotopic (exact) mass is 330 g/mol. The van der Waals surface area contributed by atoms with Crippen molar-refractivity contribution in [3.8, 4) is 0 Å². The minimum Gasteiger partial charge on any atom is -0.300 e. The average Bonchev–Trinajstić information content (AvgIpc) is 3.13. The minimum absolute atomic E-state index is 0.200. The number of hydrogen-bond acceptors (Lipinski definition) is 5. The van der Waals surface area contributed by atoms with E-state index in [1.165, 1.54) is 10.5 Å². The Hall–Kier alpha value is -1.73. The molecule has 3 heterocycles. The summed E-state index contributed by atoms with van der Waals surface area (Å²) in [6, 6.07) is 8.87. The Bertz CT molecular complexity index is 885. The summed E-state index contributed by atoms with van der Waals surface area (Å²) in [7, 11) is 0. The van der Waals surface area contributed by atoms with E-state index >= 15 is 0 Å². The third-order valence-corrected chi connectivity index (χ3v) is 5.98. The second kappa shape index (κ2) is 5.48. The Kier molecular flexibility index (Phi) is 3.46. The fraction of sp³-hybridized carbons (Fsp3) is 0.267. The van der Waals surface area contributed by atoms with Crippen molar-refractivity contribution in [1.82, 2.24) is 19.7 Å². The van der Waals surface area contributed by atoms with Crippen LogP contribution in [0.15, 0.2) is 45.3 Å². The number of aromatic amines is 1. The second-order valence-electron chi connectivity index (χ2n) is 5.29. The van der Waals surface area contributed by atoms with Crippen molar-refractivity contribution in [3.63, 3.8) is 0 Å². The van der Waals surface area contributed by atoms with Crippen LogP contribution in [0.4, 0.5) is 0 Å². The molecule has 7 heteroatoms. The van der Waals surface area contributed by atoms with Crippen molar-refractivity contribution in [2.75, 3.05) is 11.5 Å². The lowest BCUT2D eigenvalue weighted by atomic mass is 10.2. The predicted molar refractivity (Wildman–Crippen MR) is 89.8 cm³/mol. The van der Waals surface area contributed by atoms with Crippen molar-refractivity contribution in [2.45, 2.75) is 23.0 Å². The molecule has 0 spiro atoms. The standard InChI is InChI=1S/C15H14N4OS2/c1-9-2-4-11(5-3-9)21-7-10-8-22-15-17-14(20)12-6-16-18-13(12)19(10)15/h2-6,10H,7-8H2,1H3,(H,16,18). The summed E-state index contributed by atoms with van der Waals surface area (Å²) in [4.78, 5) is 17.3. The SMILES string of the molecule is Cc1ccc(SCC2CSc3nc(=O)c4cn[nH]c4n32)cc1. The van der Waals surface area contributed by atoms with Gasteiger partial charge in [0, 0.05) is 16.4 Å². The van der Waals surface area contributed by atoms with Crippen LogP contribution in [0.5, 0.6) is 0 Å². The molecule has 0 bridgehead atoms. The van der Waals surface area contributed by atoms with Crippen molar-refractivity contribution in [1.29, 1.82) is 0 Å². The van der Waals surface area contributed by atoms with Gasteiger partial charge in [-0.1, -0.05) is 29.5 Å². The number of H-pyrrole nitrogens is 1. The Labute approximate surface area is 135 Å². The molecular weight excluding hydrogens is 316 g/mol. The van der Waals surface area contributed by atoms with Crippen molar-refractivity contribution >= 4 is 34.6 Å². The maximum Gasteiger partial charge on any atom is 0.284 e. The fourth-order valence-electron chi connectivity index (χ4n) is 2.55. The normalized spacial score (nSPS) is 17.0. The maximum absolute atomic E-state index is 11.9. The molecule has 0 saturated heterocycles. The molecule has 0 saturated carbocycles. The van der Waals surface area contributed by atoms with Crippen LogP contribution in [-0.4, -0.2) is 31.3 Å². The van der Waals surface area contributed by atoms with Crippen LogP contribution >= 0.6 is 23.5 Å². The number of benzene rings is 1. The lowest BCUT2D eigenvalue weighted by molar-refractivity contribution is 0.585. The summed E-state index contributed by atoms with van der Waals surface area (Å²) in [6.45, 7) is 2.09. The molecule has 1 N–H and O–H groups in total. The molecule has 1 unspecified atom stereocenters. The molecule has 1 atom stereocenters. The highest BCUT2D eigenvalue weighted by molar-refractivity contribution is 8.00. The van der Waals surface area contributed by atoms with E-state index in [9.17, 15) is 4.79 Å². The lowest BCUT2D eigenvalue weighted by Crippen LogP contribution is -2.17. The number of aromatic nitrogens is 4. The Morgan fingerprint density at radius 3 is 3.05 bits per heavy atom. The summed E-state index contributed by atoms with van der Waals surface area (Å²) < 4.78 is 2.12. The Morgan fingerprint density at radius 2 is 2.23 bits per heavy atom. The average molecular weight is 330 g/mol. The first kappa shape index (κ1) is 13.9. The molecule has 0 aliphatic carbocycles. The molecule has 1 aliphatic rings.